The van der Waals surface area contributed by atoms with Gasteiger partial charge in [-0.2, -0.15) is 0 Å². The van der Waals surface area contributed by atoms with Crippen molar-refractivity contribution >= 4 is 6.09 Å². The van der Waals surface area contributed by atoms with Crippen LogP contribution in [0.1, 0.15) is 106 Å². The van der Waals surface area contributed by atoms with Crippen LogP contribution in [-0.2, 0) is 16.1 Å². The first-order valence-corrected chi connectivity index (χ1v) is 19.7. The number of benzene rings is 3. The predicted octanol–water partition coefficient (Wildman–Crippen LogP) is 9.56. The first kappa shape index (κ1) is 40.4. The molecule has 3 aromatic rings. The van der Waals surface area contributed by atoms with Crippen molar-refractivity contribution in [3.05, 3.63) is 102 Å². The standard InChI is InChI=1S/C44H65N3O4/c1-47(2,35-21-9-10-22-36-50-37-40-27-17-18-28-42(40)49-3)34-20-8-6-4-5-7-19-31-46-32-29-41(30-33-46)51-44(48)45-43(38-23-13-11-14-24-38)39-25-15-12-16-26-39/h11-18,23-28,41,43H,4-10,19-22,29-37H2,1-3H3/p+1. The highest BCUT2D eigenvalue weighted by Gasteiger charge is 2.24. The lowest BCUT2D eigenvalue weighted by atomic mass is 9.99. The number of hydrogen-bond acceptors (Lipinski definition) is 5. The van der Waals surface area contributed by atoms with E-state index in [0.717, 1.165) is 72.4 Å². The lowest BCUT2D eigenvalue weighted by Crippen LogP contribution is -2.41. The SMILES string of the molecule is COc1ccccc1COCCCCCC[N+](C)(C)CCCCCCCCCN1CCC(OC(=O)NC(c2ccccc2)c2ccccc2)CC1. The zero-order chi connectivity index (χ0) is 36.0. The third kappa shape index (κ3) is 15.8. The average molecular weight is 701 g/mol. The molecule has 1 saturated heterocycles. The highest BCUT2D eigenvalue weighted by molar-refractivity contribution is 5.69. The van der Waals surface area contributed by atoms with Crippen LogP contribution < -0.4 is 10.1 Å². The zero-order valence-corrected chi connectivity index (χ0v) is 31.9. The topological polar surface area (TPSA) is 60.0 Å². The van der Waals surface area contributed by atoms with Crippen LogP contribution in [0, 0.1) is 0 Å². The van der Waals surface area contributed by atoms with Crippen molar-refractivity contribution in [2.45, 2.75) is 102 Å². The van der Waals surface area contributed by atoms with Gasteiger partial charge in [0, 0.05) is 25.3 Å². The molecule has 3 aromatic carbocycles. The van der Waals surface area contributed by atoms with Crippen molar-refractivity contribution in [3.8, 4) is 5.75 Å². The van der Waals surface area contributed by atoms with Gasteiger partial charge in [-0.25, -0.2) is 4.79 Å². The van der Waals surface area contributed by atoms with Crippen LogP contribution in [0.4, 0.5) is 4.79 Å². The zero-order valence-electron chi connectivity index (χ0n) is 31.9. The van der Waals surface area contributed by atoms with E-state index in [1.165, 1.54) is 77.3 Å². The Balaban J connectivity index is 0.948. The molecule has 280 valence electrons. The summed E-state index contributed by atoms with van der Waals surface area (Å²) >= 11 is 0. The number of carbonyl (C=O) groups excluding carboxylic acids is 1. The fourth-order valence-corrected chi connectivity index (χ4v) is 7.18. The molecule has 0 spiro atoms. The Hall–Kier alpha value is -3.39. The summed E-state index contributed by atoms with van der Waals surface area (Å²) in [5.41, 5.74) is 3.22. The maximum Gasteiger partial charge on any atom is 0.408 e. The Labute approximate surface area is 309 Å². The number of para-hydroxylation sites is 1. The molecule has 1 fully saturated rings. The van der Waals surface area contributed by atoms with Crippen LogP contribution in [0.25, 0.3) is 0 Å². The summed E-state index contributed by atoms with van der Waals surface area (Å²) in [5.74, 6) is 0.908. The molecule has 0 bridgehead atoms. The summed E-state index contributed by atoms with van der Waals surface area (Å²) in [5, 5.41) is 3.12. The number of alkyl carbamates (subject to hydrolysis) is 1. The molecular weight excluding hydrogens is 635 g/mol. The van der Waals surface area contributed by atoms with Gasteiger partial charge in [-0.05, 0) is 75.1 Å². The molecule has 0 atom stereocenters. The molecule has 51 heavy (non-hydrogen) atoms. The Morgan fingerprint density at radius 1 is 0.725 bits per heavy atom. The number of carbonyl (C=O) groups is 1. The fraction of sp³-hybridized carbons (Fsp3) is 0.568. The van der Waals surface area contributed by atoms with Gasteiger partial charge in [-0.1, -0.05) is 111 Å². The summed E-state index contributed by atoms with van der Waals surface area (Å²) in [4.78, 5) is 15.5. The number of unbranched alkanes of at least 4 members (excludes halogenated alkanes) is 9. The number of rotatable bonds is 24. The lowest BCUT2D eigenvalue weighted by molar-refractivity contribution is -0.890. The highest BCUT2D eigenvalue weighted by atomic mass is 16.6. The normalized spacial score (nSPS) is 14.1. The number of ether oxygens (including phenoxy) is 3. The van der Waals surface area contributed by atoms with E-state index in [4.69, 9.17) is 14.2 Å². The van der Waals surface area contributed by atoms with Crippen LogP contribution in [0.5, 0.6) is 5.75 Å². The maximum absolute atomic E-state index is 12.9. The second-order valence-electron chi connectivity index (χ2n) is 15.0. The van der Waals surface area contributed by atoms with E-state index < -0.39 is 0 Å². The van der Waals surface area contributed by atoms with Crippen LogP contribution in [0.2, 0.25) is 0 Å². The molecule has 1 N–H and O–H groups in total. The van der Waals surface area contributed by atoms with Gasteiger partial charge < -0.3 is 28.9 Å². The number of likely N-dealkylation sites (tertiary alicyclic amines) is 1. The van der Waals surface area contributed by atoms with Gasteiger partial charge in [-0.3, -0.25) is 0 Å². The Bertz CT molecular complexity index is 1310. The smallest absolute Gasteiger partial charge is 0.408 e. The molecule has 0 radical (unpaired) electrons. The number of nitrogens with zero attached hydrogens (tertiary/aromatic N) is 2. The number of nitrogens with one attached hydrogen (secondary N) is 1. The van der Waals surface area contributed by atoms with Gasteiger partial charge >= 0.3 is 6.09 Å². The third-order valence-corrected chi connectivity index (χ3v) is 10.3. The van der Waals surface area contributed by atoms with E-state index in [1.54, 1.807) is 7.11 Å². The summed E-state index contributed by atoms with van der Waals surface area (Å²) in [6.07, 6.45) is 15.7. The molecule has 1 amide bonds. The summed E-state index contributed by atoms with van der Waals surface area (Å²) in [7, 11) is 6.51. The molecule has 7 nitrogen and oxygen atoms in total. The average Bonchev–Trinajstić information content (AvgIpc) is 3.15. The summed E-state index contributed by atoms with van der Waals surface area (Å²) < 4.78 is 18.3. The molecule has 0 saturated carbocycles. The Kier molecular flexibility index (Phi) is 18.4. The minimum atomic E-state index is -0.330. The molecule has 0 unspecified atom stereocenters. The minimum Gasteiger partial charge on any atom is -0.496 e. The van der Waals surface area contributed by atoms with Crippen molar-refractivity contribution in [1.82, 2.24) is 10.2 Å². The van der Waals surface area contributed by atoms with Crippen molar-refractivity contribution in [2.24, 2.45) is 0 Å². The molecule has 4 rings (SSSR count). The third-order valence-electron chi connectivity index (χ3n) is 10.3. The number of amides is 1. The molecule has 1 aliphatic heterocycles. The van der Waals surface area contributed by atoms with Crippen LogP contribution in [0.15, 0.2) is 84.9 Å². The first-order chi connectivity index (χ1) is 24.9. The largest absolute Gasteiger partial charge is 0.496 e. The van der Waals surface area contributed by atoms with Crippen LogP contribution in [0.3, 0.4) is 0 Å². The van der Waals surface area contributed by atoms with E-state index in [9.17, 15) is 4.79 Å². The quantitative estimate of drug-likeness (QED) is 0.0745. The number of methoxy groups -OCH3 is 1. The number of quaternary nitrogens is 1. The summed E-state index contributed by atoms with van der Waals surface area (Å²) in [6, 6.07) is 28.1. The number of piperidine rings is 1. The molecule has 1 aliphatic rings. The van der Waals surface area contributed by atoms with E-state index in [1.807, 2.05) is 78.9 Å². The van der Waals surface area contributed by atoms with Crippen molar-refractivity contribution in [3.63, 3.8) is 0 Å². The van der Waals surface area contributed by atoms with E-state index in [-0.39, 0.29) is 18.2 Å². The fourth-order valence-electron chi connectivity index (χ4n) is 7.18. The second kappa shape index (κ2) is 23.2. The number of hydrogen-bond donors (Lipinski definition) is 1. The van der Waals surface area contributed by atoms with Crippen molar-refractivity contribution < 1.29 is 23.5 Å². The van der Waals surface area contributed by atoms with Gasteiger partial charge in [0.2, 0.25) is 0 Å². The Morgan fingerprint density at radius 3 is 1.86 bits per heavy atom. The first-order valence-electron chi connectivity index (χ1n) is 19.7. The molecule has 7 heteroatoms. The highest BCUT2D eigenvalue weighted by Crippen LogP contribution is 2.23. The maximum atomic E-state index is 12.9. The van der Waals surface area contributed by atoms with Gasteiger partial charge in [0.05, 0.1) is 46.9 Å². The Morgan fingerprint density at radius 2 is 1.25 bits per heavy atom. The van der Waals surface area contributed by atoms with Crippen molar-refractivity contribution in [1.29, 1.82) is 0 Å². The minimum absolute atomic E-state index is 0.0154. The predicted molar refractivity (Wildman–Crippen MR) is 209 cm³/mol. The van der Waals surface area contributed by atoms with E-state index >= 15 is 0 Å². The molecule has 0 aliphatic carbocycles. The molecule has 0 aromatic heterocycles. The van der Waals surface area contributed by atoms with E-state index in [0.29, 0.717) is 6.61 Å². The monoisotopic (exact) mass is 701 g/mol. The molecule has 1 heterocycles. The van der Waals surface area contributed by atoms with Crippen molar-refractivity contribution in [2.75, 3.05) is 60.5 Å². The second-order valence-corrected chi connectivity index (χ2v) is 15.0. The van der Waals surface area contributed by atoms with Gasteiger partial charge in [0.1, 0.15) is 11.9 Å². The molecular formula is C44H66N3O4+. The summed E-state index contributed by atoms with van der Waals surface area (Å²) in [6.45, 7) is 7.16. The van der Waals surface area contributed by atoms with Gasteiger partial charge in [-0.15, -0.1) is 0 Å². The van der Waals surface area contributed by atoms with Crippen LogP contribution in [-0.4, -0.2) is 82.1 Å². The van der Waals surface area contributed by atoms with Gasteiger partial charge in [0.25, 0.3) is 0 Å². The van der Waals surface area contributed by atoms with Gasteiger partial charge in [0.15, 0.2) is 0 Å². The van der Waals surface area contributed by atoms with E-state index in [2.05, 4.69) is 30.4 Å². The van der Waals surface area contributed by atoms with Crippen LogP contribution >= 0.6 is 0 Å². The lowest BCUT2D eigenvalue weighted by Gasteiger charge is -2.32.